The van der Waals surface area contributed by atoms with Crippen LogP contribution < -0.4 is 0 Å². The van der Waals surface area contributed by atoms with Crippen molar-refractivity contribution < 1.29 is 9.90 Å². The maximum atomic E-state index is 10.9. The number of aliphatic carboxylic acids is 1. The lowest BCUT2D eigenvalue weighted by Crippen LogP contribution is -2.35. The molecule has 0 aliphatic carbocycles. The highest BCUT2D eigenvalue weighted by molar-refractivity contribution is 9.10. The molecular formula is C15H17BrN2O2S. The minimum Gasteiger partial charge on any atom is -0.480 e. The molecule has 0 radical (unpaired) electrons. The van der Waals surface area contributed by atoms with Crippen LogP contribution in [0, 0.1) is 0 Å². The van der Waals surface area contributed by atoms with Gasteiger partial charge in [0.05, 0.1) is 12.2 Å². The molecule has 2 rings (SSSR count). The van der Waals surface area contributed by atoms with Gasteiger partial charge >= 0.3 is 5.97 Å². The first kappa shape index (κ1) is 16.1. The molecule has 2 aromatic rings. The Bertz CT molecular complexity index is 610. The third-order valence-electron chi connectivity index (χ3n) is 3.08. The average Bonchev–Trinajstić information content (AvgIpc) is 2.87. The molecule has 0 bridgehead atoms. The van der Waals surface area contributed by atoms with Crippen LogP contribution in [0.3, 0.4) is 0 Å². The maximum Gasteiger partial charge on any atom is 0.317 e. The van der Waals surface area contributed by atoms with Crippen molar-refractivity contribution in [3.05, 3.63) is 39.8 Å². The summed E-state index contributed by atoms with van der Waals surface area (Å²) in [7, 11) is 0. The van der Waals surface area contributed by atoms with Gasteiger partial charge in [0.25, 0.3) is 0 Å². The van der Waals surface area contributed by atoms with Crippen LogP contribution in [0.2, 0.25) is 0 Å². The Balaban J connectivity index is 2.11. The summed E-state index contributed by atoms with van der Waals surface area (Å²) in [6.07, 6.45) is 0. The highest BCUT2D eigenvalue weighted by Crippen LogP contribution is 2.25. The van der Waals surface area contributed by atoms with E-state index in [0.29, 0.717) is 6.54 Å². The van der Waals surface area contributed by atoms with Crippen molar-refractivity contribution in [2.24, 2.45) is 0 Å². The summed E-state index contributed by atoms with van der Waals surface area (Å²) in [4.78, 5) is 17.4. The fraction of sp³-hybridized carbons (Fsp3) is 0.333. The zero-order valence-electron chi connectivity index (χ0n) is 11.9. The van der Waals surface area contributed by atoms with E-state index >= 15 is 0 Å². The van der Waals surface area contributed by atoms with Crippen molar-refractivity contribution in [3.63, 3.8) is 0 Å². The quantitative estimate of drug-likeness (QED) is 0.840. The van der Waals surface area contributed by atoms with Gasteiger partial charge in [0.15, 0.2) is 0 Å². The highest BCUT2D eigenvalue weighted by Gasteiger charge is 2.15. The first-order valence-electron chi connectivity index (χ1n) is 6.62. The second-order valence-corrected chi connectivity index (χ2v) is 6.82. The molecule has 0 saturated carbocycles. The van der Waals surface area contributed by atoms with E-state index in [0.717, 1.165) is 20.7 Å². The number of aromatic nitrogens is 1. The zero-order valence-corrected chi connectivity index (χ0v) is 14.3. The number of hydrogen-bond acceptors (Lipinski definition) is 4. The molecule has 0 fully saturated rings. The predicted octanol–water partition coefficient (Wildman–Crippen LogP) is 3.87. The minimum absolute atomic E-state index is 0.0306. The SMILES string of the molecule is CC(C)N(CC(=O)O)Cc1csc(-c2ccc(Br)cc2)n1. The smallest absolute Gasteiger partial charge is 0.317 e. The number of carboxylic acids is 1. The summed E-state index contributed by atoms with van der Waals surface area (Å²) in [5, 5.41) is 11.9. The Morgan fingerprint density at radius 3 is 2.62 bits per heavy atom. The summed E-state index contributed by atoms with van der Waals surface area (Å²) < 4.78 is 1.04. The number of rotatable bonds is 6. The molecule has 1 aromatic carbocycles. The summed E-state index contributed by atoms with van der Waals surface area (Å²) >= 11 is 5.00. The van der Waals surface area contributed by atoms with Gasteiger partial charge in [-0.2, -0.15) is 0 Å². The second-order valence-electron chi connectivity index (χ2n) is 5.04. The molecular weight excluding hydrogens is 352 g/mol. The van der Waals surface area contributed by atoms with Gasteiger partial charge in [-0.25, -0.2) is 4.98 Å². The van der Waals surface area contributed by atoms with Crippen molar-refractivity contribution in [1.29, 1.82) is 0 Å². The van der Waals surface area contributed by atoms with Crippen LogP contribution in [0.4, 0.5) is 0 Å². The van der Waals surface area contributed by atoms with Crippen LogP contribution >= 0.6 is 27.3 Å². The molecule has 0 aliphatic rings. The van der Waals surface area contributed by atoms with Crippen LogP contribution in [-0.2, 0) is 11.3 Å². The normalized spacial score (nSPS) is 11.3. The molecule has 0 amide bonds. The van der Waals surface area contributed by atoms with Gasteiger partial charge in [-0.05, 0) is 26.0 Å². The van der Waals surface area contributed by atoms with E-state index in [1.165, 1.54) is 0 Å². The van der Waals surface area contributed by atoms with Crippen LogP contribution in [0.1, 0.15) is 19.5 Å². The van der Waals surface area contributed by atoms with E-state index in [1.54, 1.807) is 11.3 Å². The van der Waals surface area contributed by atoms with E-state index in [2.05, 4.69) is 20.9 Å². The third kappa shape index (κ3) is 4.62. The Hall–Kier alpha value is -1.24. The van der Waals surface area contributed by atoms with Gasteiger partial charge in [0, 0.05) is 28.0 Å². The molecule has 6 heteroatoms. The molecule has 112 valence electrons. The Morgan fingerprint density at radius 1 is 1.38 bits per heavy atom. The van der Waals surface area contributed by atoms with Gasteiger partial charge in [-0.3, -0.25) is 9.69 Å². The summed E-state index contributed by atoms with van der Waals surface area (Å²) in [5.74, 6) is -0.813. The first-order valence-corrected chi connectivity index (χ1v) is 8.29. The third-order valence-corrected chi connectivity index (χ3v) is 4.55. The number of nitrogens with zero attached hydrogens (tertiary/aromatic N) is 2. The molecule has 0 aliphatic heterocycles. The predicted molar refractivity (Wildman–Crippen MR) is 88.4 cm³/mol. The molecule has 1 heterocycles. The van der Waals surface area contributed by atoms with Crippen molar-refractivity contribution in [2.45, 2.75) is 26.4 Å². The maximum absolute atomic E-state index is 10.9. The Kier molecular flexibility index (Phi) is 5.50. The van der Waals surface area contributed by atoms with Gasteiger partial charge in [-0.1, -0.05) is 28.1 Å². The molecule has 21 heavy (non-hydrogen) atoms. The molecule has 0 spiro atoms. The van der Waals surface area contributed by atoms with E-state index < -0.39 is 5.97 Å². The molecule has 1 aromatic heterocycles. The fourth-order valence-electron chi connectivity index (χ4n) is 1.91. The van der Waals surface area contributed by atoms with E-state index in [9.17, 15) is 4.79 Å². The largest absolute Gasteiger partial charge is 0.480 e. The Morgan fingerprint density at radius 2 is 2.05 bits per heavy atom. The lowest BCUT2D eigenvalue weighted by atomic mass is 10.2. The topological polar surface area (TPSA) is 53.4 Å². The lowest BCUT2D eigenvalue weighted by molar-refractivity contribution is -0.138. The average molecular weight is 369 g/mol. The van der Waals surface area contributed by atoms with Crippen LogP contribution in [0.5, 0.6) is 0 Å². The molecule has 0 atom stereocenters. The van der Waals surface area contributed by atoms with Crippen LogP contribution in [0.15, 0.2) is 34.1 Å². The Labute approximate surface area is 136 Å². The number of benzene rings is 1. The summed E-state index contributed by atoms with van der Waals surface area (Å²) in [6.45, 7) is 4.57. The van der Waals surface area contributed by atoms with Gasteiger partial charge in [-0.15, -0.1) is 11.3 Å². The van der Waals surface area contributed by atoms with Crippen molar-refractivity contribution in [1.82, 2.24) is 9.88 Å². The van der Waals surface area contributed by atoms with Gasteiger partial charge < -0.3 is 5.11 Å². The summed E-state index contributed by atoms with van der Waals surface area (Å²) in [6, 6.07) is 8.18. The minimum atomic E-state index is -0.813. The zero-order chi connectivity index (χ0) is 15.4. The standard InChI is InChI=1S/C15H17BrN2O2S/c1-10(2)18(8-14(19)20)7-13-9-21-15(17-13)11-3-5-12(16)6-4-11/h3-6,9-10H,7-8H2,1-2H3,(H,19,20). The van der Waals surface area contributed by atoms with Crippen molar-refractivity contribution in [2.75, 3.05) is 6.54 Å². The number of carboxylic acid groups (broad SMARTS) is 1. The monoisotopic (exact) mass is 368 g/mol. The molecule has 1 N–H and O–H groups in total. The van der Waals surface area contributed by atoms with E-state index in [-0.39, 0.29) is 12.6 Å². The summed E-state index contributed by atoms with van der Waals surface area (Å²) in [5.41, 5.74) is 1.98. The number of hydrogen-bond donors (Lipinski definition) is 1. The lowest BCUT2D eigenvalue weighted by Gasteiger charge is -2.23. The van der Waals surface area contributed by atoms with E-state index in [1.807, 2.05) is 48.4 Å². The van der Waals surface area contributed by atoms with Crippen molar-refractivity contribution >= 4 is 33.2 Å². The number of halogens is 1. The fourth-order valence-corrected chi connectivity index (χ4v) is 2.99. The van der Waals surface area contributed by atoms with Gasteiger partial charge in [0.2, 0.25) is 0 Å². The van der Waals surface area contributed by atoms with E-state index in [4.69, 9.17) is 5.11 Å². The molecule has 0 saturated heterocycles. The number of carbonyl (C=O) groups is 1. The highest BCUT2D eigenvalue weighted by atomic mass is 79.9. The van der Waals surface area contributed by atoms with Crippen molar-refractivity contribution in [3.8, 4) is 10.6 Å². The van der Waals surface area contributed by atoms with Crippen LogP contribution in [0.25, 0.3) is 10.6 Å². The first-order chi connectivity index (χ1) is 9.95. The van der Waals surface area contributed by atoms with Gasteiger partial charge in [0.1, 0.15) is 5.01 Å². The number of thiazole rings is 1. The van der Waals surface area contributed by atoms with Crippen LogP contribution in [-0.4, -0.2) is 33.5 Å². The molecule has 0 unspecified atom stereocenters. The molecule has 4 nitrogen and oxygen atoms in total. The second kappa shape index (κ2) is 7.15.